The number of rotatable bonds is 6. The number of nitrogens with one attached hydrogen (secondary N) is 2. The summed E-state index contributed by atoms with van der Waals surface area (Å²) < 4.78 is 0. The second kappa shape index (κ2) is 7.75. The molecule has 0 saturated carbocycles. The van der Waals surface area contributed by atoms with E-state index in [2.05, 4.69) is 15.6 Å². The lowest BCUT2D eigenvalue weighted by Crippen LogP contribution is -2.32. The molecule has 0 radical (unpaired) electrons. The molecule has 1 atom stereocenters. The van der Waals surface area contributed by atoms with E-state index in [-0.39, 0.29) is 18.7 Å². The molecule has 1 heterocycles. The SMILES string of the molecule is Cc1nc(NC(=O)NC(CCCO)c2ccccc2)cs1. The molecule has 6 heteroatoms. The minimum Gasteiger partial charge on any atom is -0.396 e. The van der Waals surface area contributed by atoms with Gasteiger partial charge in [-0.2, -0.15) is 0 Å². The van der Waals surface area contributed by atoms with Crippen LogP contribution in [0, 0.1) is 6.92 Å². The highest BCUT2D eigenvalue weighted by molar-refractivity contribution is 7.09. The van der Waals surface area contributed by atoms with Gasteiger partial charge in [0, 0.05) is 12.0 Å². The summed E-state index contributed by atoms with van der Waals surface area (Å²) in [4.78, 5) is 16.2. The Kier molecular flexibility index (Phi) is 5.71. The molecule has 1 aromatic carbocycles. The van der Waals surface area contributed by atoms with Gasteiger partial charge in [-0.15, -0.1) is 11.3 Å². The maximum Gasteiger partial charge on any atom is 0.320 e. The van der Waals surface area contributed by atoms with Crippen LogP contribution in [0.1, 0.15) is 29.5 Å². The molecule has 0 aliphatic rings. The van der Waals surface area contributed by atoms with E-state index in [0.717, 1.165) is 10.6 Å². The van der Waals surface area contributed by atoms with Crippen LogP contribution in [0.4, 0.5) is 10.6 Å². The lowest BCUT2D eigenvalue weighted by atomic mass is 10.0. The van der Waals surface area contributed by atoms with Crippen molar-refractivity contribution in [3.8, 4) is 0 Å². The molecular formula is C15H19N3O2S. The average Bonchev–Trinajstić information content (AvgIpc) is 2.89. The Morgan fingerprint density at radius 1 is 1.38 bits per heavy atom. The molecule has 0 fully saturated rings. The first-order chi connectivity index (χ1) is 10.2. The number of aryl methyl sites for hydroxylation is 1. The van der Waals surface area contributed by atoms with Crippen LogP contribution in [0.15, 0.2) is 35.7 Å². The molecule has 2 amide bonds. The predicted octanol–water partition coefficient (Wildman–Crippen LogP) is 3.09. The highest BCUT2D eigenvalue weighted by Gasteiger charge is 2.14. The van der Waals surface area contributed by atoms with Crippen molar-refractivity contribution in [2.24, 2.45) is 0 Å². The Bertz CT molecular complexity index is 571. The van der Waals surface area contributed by atoms with Crippen molar-refractivity contribution in [3.05, 3.63) is 46.3 Å². The number of hydrogen-bond acceptors (Lipinski definition) is 4. The van der Waals surface area contributed by atoms with E-state index in [4.69, 9.17) is 5.11 Å². The fourth-order valence-corrected chi connectivity index (χ4v) is 2.58. The van der Waals surface area contributed by atoms with Crippen LogP contribution in [0.2, 0.25) is 0 Å². The van der Waals surface area contributed by atoms with Crippen LogP contribution in [0.25, 0.3) is 0 Å². The number of nitrogens with zero attached hydrogens (tertiary/aromatic N) is 1. The van der Waals surface area contributed by atoms with Crippen LogP contribution in [-0.2, 0) is 0 Å². The fourth-order valence-electron chi connectivity index (χ4n) is 2.03. The number of aliphatic hydroxyl groups is 1. The predicted molar refractivity (Wildman–Crippen MR) is 84.5 cm³/mol. The number of amides is 2. The molecule has 2 aromatic rings. The maximum atomic E-state index is 12.0. The van der Waals surface area contributed by atoms with Crippen LogP contribution in [0.5, 0.6) is 0 Å². The summed E-state index contributed by atoms with van der Waals surface area (Å²) in [6.45, 7) is 2.00. The Morgan fingerprint density at radius 2 is 2.14 bits per heavy atom. The van der Waals surface area contributed by atoms with E-state index in [1.54, 1.807) is 5.38 Å². The van der Waals surface area contributed by atoms with Crippen LogP contribution in [-0.4, -0.2) is 22.7 Å². The third kappa shape index (κ3) is 4.84. The lowest BCUT2D eigenvalue weighted by Gasteiger charge is -2.19. The number of carbonyl (C=O) groups excluding carboxylic acids is 1. The van der Waals surface area contributed by atoms with Crippen molar-refractivity contribution >= 4 is 23.2 Å². The van der Waals surface area contributed by atoms with Crippen LogP contribution in [0.3, 0.4) is 0 Å². The summed E-state index contributed by atoms with van der Waals surface area (Å²) in [6.07, 6.45) is 1.32. The summed E-state index contributed by atoms with van der Waals surface area (Å²) >= 11 is 1.49. The van der Waals surface area contributed by atoms with Gasteiger partial charge in [0.15, 0.2) is 0 Å². The number of anilines is 1. The molecule has 5 nitrogen and oxygen atoms in total. The quantitative estimate of drug-likeness (QED) is 0.768. The summed E-state index contributed by atoms with van der Waals surface area (Å²) in [6, 6.07) is 9.33. The molecule has 0 aliphatic carbocycles. The number of hydrogen-bond donors (Lipinski definition) is 3. The molecule has 1 unspecified atom stereocenters. The van der Waals surface area contributed by atoms with Crippen molar-refractivity contribution in [1.82, 2.24) is 10.3 Å². The first kappa shape index (κ1) is 15.5. The molecule has 0 spiro atoms. The second-order valence-electron chi connectivity index (χ2n) is 4.68. The maximum absolute atomic E-state index is 12.0. The Labute approximate surface area is 128 Å². The van der Waals surface area contributed by atoms with Crippen LogP contribution >= 0.6 is 11.3 Å². The number of aromatic nitrogens is 1. The standard InChI is InChI=1S/C15H19N3O2S/c1-11-16-14(10-21-11)18-15(20)17-13(8-5-9-19)12-6-3-2-4-7-12/h2-4,6-7,10,13,19H,5,8-9H2,1H3,(H2,17,18,20). The third-order valence-corrected chi connectivity index (χ3v) is 3.79. The Balaban J connectivity index is 1.99. The monoisotopic (exact) mass is 305 g/mol. The highest BCUT2D eigenvalue weighted by atomic mass is 32.1. The normalized spacial score (nSPS) is 11.9. The number of urea groups is 1. The van der Waals surface area contributed by atoms with Crippen molar-refractivity contribution in [2.75, 3.05) is 11.9 Å². The van der Waals surface area contributed by atoms with Gasteiger partial charge in [0.05, 0.1) is 11.0 Å². The number of carbonyl (C=O) groups is 1. The van der Waals surface area contributed by atoms with E-state index >= 15 is 0 Å². The minimum absolute atomic E-state index is 0.109. The smallest absolute Gasteiger partial charge is 0.320 e. The van der Waals surface area contributed by atoms with E-state index in [1.165, 1.54) is 11.3 Å². The molecule has 0 saturated heterocycles. The number of aliphatic hydroxyl groups excluding tert-OH is 1. The third-order valence-electron chi connectivity index (χ3n) is 3.02. The van der Waals surface area contributed by atoms with Crippen molar-refractivity contribution in [1.29, 1.82) is 0 Å². The molecule has 112 valence electrons. The van der Waals surface area contributed by atoms with E-state index in [0.29, 0.717) is 18.7 Å². The topological polar surface area (TPSA) is 74.2 Å². The van der Waals surface area contributed by atoms with Gasteiger partial charge in [0.1, 0.15) is 5.82 Å². The lowest BCUT2D eigenvalue weighted by molar-refractivity contribution is 0.243. The molecule has 21 heavy (non-hydrogen) atoms. The first-order valence-corrected chi connectivity index (χ1v) is 7.72. The van der Waals surface area contributed by atoms with Crippen molar-refractivity contribution in [3.63, 3.8) is 0 Å². The summed E-state index contributed by atoms with van der Waals surface area (Å²) in [5.41, 5.74) is 1.02. The molecule has 2 rings (SSSR count). The highest BCUT2D eigenvalue weighted by Crippen LogP contribution is 2.19. The molecular weight excluding hydrogens is 286 g/mol. The largest absolute Gasteiger partial charge is 0.396 e. The van der Waals surface area contributed by atoms with Gasteiger partial charge in [0.25, 0.3) is 0 Å². The van der Waals surface area contributed by atoms with Gasteiger partial charge in [-0.05, 0) is 25.3 Å². The number of thiazole rings is 1. The fraction of sp³-hybridized carbons (Fsp3) is 0.333. The van der Waals surface area contributed by atoms with E-state index < -0.39 is 0 Å². The Hall–Kier alpha value is -1.92. The molecule has 1 aromatic heterocycles. The second-order valence-corrected chi connectivity index (χ2v) is 5.74. The molecule has 3 N–H and O–H groups in total. The summed E-state index contributed by atoms with van der Waals surface area (Å²) in [7, 11) is 0. The van der Waals surface area contributed by atoms with Gasteiger partial charge < -0.3 is 10.4 Å². The van der Waals surface area contributed by atoms with Gasteiger partial charge in [0.2, 0.25) is 0 Å². The van der Waals surface area contributed by atoms with Gasteiger partial charge in [-0.1, -0.05) is 30.3 Å². The van der Waals surface area contributed by atoms with Crippen molar-refractivity contribution in [2.45, 2.75) is 25.8 Å². The van der Waals surface area contributed by atoms with Gasteiger partial charge >= 0.3 is 6.03 Å². The first-order valence-electron chi connectivity index (χ1n) is 6.84. The van der Waals surface area contributed by atoms with E-state index in [1.807, 2.05) is 37.3 Å². The van der Waals surface area contributed by atoms with Gasteiger partial charge in [-0.25, -0.2) is 9.78 Å². The summed E-state index contributed by atoms with van der Waals surface area (Å²) in [5, 5.41) is 17.4. The zero-order chi connectivity index (χ0) is 15.1. The molecule has 0 bridgehead atoms. The van der Waals surface area contributed by atoms with Crippen LogP contribution < -0.4 is 10.6 Å². The molecule has 0 aliphatic heterocycles. The zero-order valence-electron chi connectivity index (χ0n) is 11.9. The minimum atomic E-state index is -0.285. The Morgan fingerprint density at radius 3 is 2.76 bits per heavy atom. The summed E-state index contributed by atoms with van der Waals surface area (Å²) in [5.74, 6) is 0.559. The number of benzene rings is 1. The average molecular weight is 305 g/mol. The zero-order valence-corrected chi connectivity index (χ0v) is 12.7. The van der Waals surface area contributed by atoms with Gasteiger partial charge in [-0.3, -0.25) is 5.32 Å². The van der Waals surface area contributed by atoms with E-state index in [9.17, 15) is 4.79 Å². The van der Waals surface area contributed by atoms with Crippen molar-refractivity contribution < 1.29 is 9.90 Å².